The molecule has 0 aliphatic heterocycles. The third-order valence-corrected chi connectivity index (χ3v) is 12.5. The second-order valence-electron chi connectivity index (χ2n) is 9.09. The summed E-state index contributed by atoms with van der Waals surface area (Å²) in [7, 11) is -0.845. The molecule has 0 aliphatic rings. The average Bonchev–Trinajstić information content (AvgIpc) is 2.70. The lowest BCUT2D eigenvalue weighted by Crippen LogP contribution is -2.30. The molecule has 0 amide bonds. The van der Waals surface area contributed by atoms with Gasteiger partial charge in [0, 0.05) is 19.8 Å². The van der Waals surface area contributed by atoms with Crippen LogP contribution in [0.4, 0.5) is 0 Å². The van der Waals surface area contributed by atoms with Crippen LogP contribution in [0.3, 0.4) is 0 Å². The maximum absolute atomic E-state index is 5.67. The lowest BCUT2D eigenvalue weighted by Gasteiger charge is -2.28. The highest BCUT2D eigenvalue weighted by Crippen LogP contribution is 2.27. The lowest BCUT2D eigenvalue weighted by molar-refractivity contribution is 0.0507. The Morgan fingerprint density at radius 1 is 0.536 bits per heavy atom. The molecule has 3 heteroatoms. The summed E-state index contributed by atoms with van der Waals surface area (Å²) < 4.78 is 11.2. The summed E-state index contributed by atoms with van der Waals surface area (Å²) in [5.74, 6) is 0. The molecule has 28 heavy (non-hydrogen) atoms. The first-order valence-electron chi connectivity index (χ1n) is 12.8. The van der Waals surface area contributed by atoms with Gasteiger partial charge < -0.3 is 9.47 Å². The molecule has 0 spiro atoms. The van der Waals surface area contributed by atoms with Crippen molar-refractivity contribution in [3.8, 4) is 0 Å². The van der Waals surface area contributed by atoms with E-state index in [0.717, 1.165) is 26.2 Å². The quantitative estimate of drug-likeness (QED) is 0.130. The van der Waals surface area contributed by atoms with Crippen LogP contribution in [0.25, 0.3) is 0 Å². The summed E-state index contributed by atoms with van der Waals surface area (Å²) in [6, 6.07) is 6.09. The van der Waals surface area contributed by atoms with Crippen molar-refractivity contribution < 1.29 is 9.47 Å². The largest absolute Gasteiger partial charge is 0.381 e. The second kappa shape index (κ2) is 20.4. The van der Waals surface area contributed by atoms with Crippen molar-refractivity contribution in [1.29, 1.82) is 0 Å². The van der Waals surface area contributed by atoms with E-state index in [1.807, 2.05) is 0 Å². The summed E-state index contributed by atoms with van der Waals surface area (Å²) in [6.45, 7) is 14.1. The number of hydrogen-bond donors (Lipinski definition) is 0. The topological polar surface area (TPSA) is 18.5 Å². The van der Waals surface area contributed by atoms with Gasteiger partial charge in [-0.25, -0.2) is 0 Å². The highest BCUT2D eigenvalue weighted by Gasteiger charge is 2.25. The number of rotatable bonds is 22. The molecule has 0 radical (unpaired) electrons. The van der Waals surface area contributed by atoms with Crippen LogP contribution < -0.4 is 0 Å². The van der Waals surface area contributed by atoms with Gasteiger partial charge >= 0.3 is 0 Å². The zero-order valence-electron chi connectivity index (χ0n) is 20.3. The molecule has 0 saturated heterocycles. The second-order valence-corrected chi connectivity index (χ2v) is 14.7. The Hall–Kier alpha value is 0.137. The van der Waals surface area contributed by atoms with Crippen molar-refractivity contribution in [2.75, 3.05) is 19.8 Å². The Labute approximate surface area is 179 Å². The third-order valence-electron chi connectivity index (χ3n) is 6.63. The Bertz CT molecular complexity index is 295. The van der Waals surface area contributed by atoms with Gasteiger partial charge in [-0.2, -0.15) is 0 Å². The summed E-state index contributed by atoms with van der Waals surface area (Å²) >= 11 is 0. The van der Waals surface area contributed by atoms with Gasteiger partial charge in [-0.1, -0.05) is 109 Å². The van der Waals surface area contributed by atoms with Gasteiger partial charge in [0.15, 0.2) is 0 Å². The first-order chi connectivity index (χ1) is 13.6. The molecule has 0 aromatic carbocycles. The number of hydrogen-bond acceptors (Lipinski definition) is 2. The molecule has 0 saturated carbocycles. The fourth-order valence-corrected chi connectivity index (χ4v) is 7.72. The van der Waals surface area contributed by atoms with Gasteiger partial charge in [-0.15, -0.1) is 0 Å². The Morgan fingerprint density at radius 3 is 1.43 bits per heavy atom. The van der Waals surface area contributed by atoms with Crippen LogP contribution in [0.5, 0.6) is 0 Å². The molecular weight excluding hydrogens is 360 g/mol. The summed E-state index contributed by atoms with van der Waals surface area (Å²) in [5.41, 5.74) is 0. The predicted octanol–water partition coefficient (Wildman–Crippen LogP) is 8.62. The van der Waals surface area contributed by atoms with E-state index < -0.39 is 8.07 Å². The number of ether oxygens (including phenoxy) is 2. The fraction of sp³-hybridized carbons (Fsp3) is 1.00. The van der Waals surface area contributed by atoms with Crippen molar-refractivity contribution in [3.63, 3.8) is 0 Å². The molecule has 0 aliphatic carbocycles. The van der Waals surface area contributed by atoms with Crippen molar-refractivity contribution in [1.82, 2.24) is 0 Å². The van der Waals surface area contributed by atoms with Gasteiger partial charge in [-0.05, 0) is 26.7 Å². The monoisotopic (exact) mass is 414 g/mol. The van der Waals surface area contributed by atoms with E-state index in [1.54, 1.807) is 6.04 Å². The SMILES string of the molecule is CC[Si](CC)(CC)CCCCCCCCCCCCCOCCCOC(C)C. The van der Waals surface area contributed by atoms with Gasteiger partial charge in [0.1, 0.15) is 0 Å². The molecule has 0 bridgehead atoms. The first kappa shape index (κ1) is 28.1. The van der Waals surface area contributed by atoms with E-state index >= 15 is 0 Å². The fourth-order valence-electron chi connectivity index (χ4n) is 4.16. The Balaban J connectivity index is 3.20. The van der Waals surface area contributed by atoms with Crippen LogP contribution in [0.15, 0.2) is 0 Å². The summed E-state index contributed by atoms with van der Waals surface area (Å²) in [6.07, 6.45) is 17.0. The summed E-state index contributed by atoms with van der Waals surface area (Å²) in [4.78, 5) is 0. The maximum atomic E-state index is 5.67. The minimum Gasteiger partial charge on any atom is -0.381 e. The summed E-state index contributed by atoms with van der Waals surface area (Å²) in [5, 5.41) is 0. The van der Waals surface area contributed by atoms with E-state index in [1.165, 1.54) is 88.8 Å². The molecular formula is C25H54O2Si. The van der Waals surface area contributed by atoms with Crippen molar-refractivity contribution in [3.05, 3.63) is 0 Å². The van der Waals surface area contributed by atoms with E-state index in [4.69, 9.17) is 9.47 Å². The normalized spacial score (nSPS) is 12.2. The maximum Gasteiger partial charge on any atom is 0.0527 e. The van der Waals surface area contributed by atoms with E-state index in [-0.39, 0.29) is 0 Å². The van der Waals surface area contributed by atoms with Crippen LogP contribution in [0.1, 0.15) is 112 Å². The molecule has 0 N–H and O–H groups in total. The smallest absolute Gasteiger partial charge is 0.0527 e. The highest BCUT2D eigenvalue weighted by atomic mass is 28.3. The first-order valence-corrected chi connectivity index (χ1v) is 15.6. The van der Waals surface area contributed by atoms with Gasteiger partial charge in [0.05, 0.1) is 14.2 Å². The zero-order valence-corrected chi connectivity index (χ0v) is 21.3. The Kier molecular flexibility index (Phi) is 20.5. The molecule has 0 atom stereocenters. The van der Waals surface area contributed by atoms with Crippen molar-refractivity contribution in [2.24, 2.45) is 0 Å². The van der Waals surface area contributed by atoms with Crippen LogP contribution in [-0.4, -0.2) is 34.0 Å². The van der Waals surface area contributed by atoms with Gasteiger partial charge in [0.25, 0.3) is 0 Å². The number of unbranched alkanes of at least 4 members (excludes halogenated alkanes) is 10. The molecule has 0 rings (SSSR count). The minimum atomic E-state index is -0.845. The van der Waals surface area contributed by atoms with Crippen LogP contribution >= 0.6 is 0 Å². The molecule has 0 fully saturated rings. The molecule has 0 aromatic heterocycles. The highest BCUT2D eigenvalue weighted by molar-refractivity contribution is 6.79. The van der Waals surface area contributed by atoms with Crippen molar-refractivity contribution in [2.45, 2.75) is 142 Å². The molecule has 0 unspecified atom stereocenters. The average molecular weight is 415 g/mol. The minimum absolute atomic E-state index is 0.342. The predicted molar refractivity (Wildman–Crippen MR) is 129 cm³/mol. The standard InChI is InChI=1S/C25H54O2Si/c1-6-28(7-2,8-3)24-19-17-15-13-11-9-10-12-14-16-18-21-26-22-20-23-27-25(4)5/h25H,6-24H2,1-5H3. The van der Waals surface area contributed by atoms with Crippen LogP contribution in [-0.2, 0) is 9.47 Å². The van der Waals surface area contributed by atoms with Gasteiger partial charge in [0.2, 0.25) is 0 Å². The van der Waals surface area contributed by atoms with Crippen LogP contribution in [0, 0.1) is 0 Å². The Morgan fingerprint density at radius 2 is 0.964 bits per heavy atom. The van der Waals surface area contributed by atoms with E-state index in [0.29, 0.717) is 6.10 Å². The van der Waals surface area contributed by atoms with E-state index in [9.17, 15) is 0 Å². The molecule has 0 heterocycles. The van der Waals surface area contributed by atoms with Crippen molar-refractivity contribution >= 4 is 8.07 Å². The zero-order chi connectivity index (χ0) is 20.9. The third kappa shape index (κ3) is 17.0. The molecule has 0 aromatic rings. The molecule has 170 valence electrons. The van der Waals surface area contributed by atoms with Gasteiger partial charge in [-0.3, -0.25) is 0 Å². The van der Waals surface area contributed by atoms with Crippen LogP contribution in [0.2, 0.25) is 24.2 Å². The lowest BCUT2D eigenvalue weighted by atomic mass is 10.1. The molecule has 2 nitrogen and oxygen atoms in total. The van der Waals surface area contributed by atoms with E-state index in [2.05, 4.69) is 34.6 Å².